The van der Waals surface area contributed by atoms with Crippen molar-refractivity contribution in [2.45, 2.75) is 25.8 Å². The molecule has 1 fully saturated rings. The van der Waals surface area contributed by atoms with Crippen LogP contribution in [-0.4, -0.2) is 38.2 Å². The first-order valence-electron chi connectivity index (χ1n) is 9.71. The second kappa shape index (κ2) is 6.48. The van der Waals surface area contributed by atoms with Crippen molar-refractivity contribution in [2.24, 2.45) is 5.92 Å². The number of likely N-dealkylation sites (tertiary alicyclic amines) is 1. The quantitative estimate of drug-likeness (QED) is 0.693. The predicted molar refractivity (Wildman–Crippen MR) is 106 cm³/mol. The Morgan fingerprint density at radius 2 is 1.86 bits per heavy atom. The number of carbonyl (C=O) groups excluding carboxylic acids is 1. The molecule has 2 aromatic heterocycles. The molecule has 142 valence electrons. The SMILES string of the molecule is Cc1c(C(=O)N2C[C@@H]3C[C@H](C2)c2cccc(=O)n2C3)cnn1-c1ccccc1. The minimum Gasteiger partial charge on any atom is -0.338 e. The lowest BCUT2D eigenvalue weighted by atomic mass is 9.83. The smallest absolute Gasteiger partial charge is 0.257 e. The molecule has 1 aromatic carbocycles. The zero-order chi connectivity index (χ0) is 19.3. The molecular weight excluding hydrogens is 352 g/mol. The van der Waals surface area contributed by atoms with Crippen molar-refractivity contribution in [1.82, 2.24) is 19.2 Å². The molecule has 0 spiro atoms. The molecule has 4 heterocycles. The van der Waals surface area contributed by atoms with Crippen LogP contribution in [0.15, 0.2) is 59.5 Å². The van der Waals surface area contributed by atoms with Crippen LogP contribution in [0.4, 0.5) is 0 Å². The van der Waals surface area contributed by atoms with Crippen LogP contribution in [0, 0.1) is 12.8 Å². The topological polar surface area (TPSA) is 60.1 Å². The summed E-state index contributed by atoms with van der Waals surface area (Å²) in [7, 11) is 0. The summed E-state index contributed by atoms with van der Waals surface area (Å²) in [6.07, 6.45) is 2.71. The van der Waals surface area contributed by atoms with Gasteiger partial charge < -0.3 is 9.47 Å². The number of para-hydroxylation sites is 1. The Kier molecular flexibility index (Phi) is 3.93. The van der Waals surface area contributed by atoms with Gasteiger partial charge in [0, 0.05) is 37.3 Å². The van der Waals surface area contributed by atoms with Gasteiger partial charge in [-0.3, -0.25) is 9.59 Å². The molecule has 0 radical (unpaired) electrons. The minimum absolute atomic E-state index is 0.0288. The van der Waals surface area contributed by atoms with Crippen LogP contribution in [0.25, 0.3) is 5.69 Å². The zero-order valence-electron chi connectivity index (χ0n) is 15.8. The molecule has 5 rings (SSSR count). The van der Waals surface area contributed by atoms with E-state index in [2.05, 4.69) is 5.10 Å². The number of carbonyl (C=O) groups is 1. The number of hydrogen-bond acceptors (Lipinski definition) is 3. The lowest BCUT2D eigenvalue weighted by Crippen LogP contribution is -2.49. The standard InChI is InChI=1S/C22H22N4O2/c1-15-19(11-23-26(15)18-6-3-2-4-7-18)22(28)24-12-16-10-17(14-24)20-8-5-9-21(27)25(20)13-16/h2-9,11,16-17H,10,12-14H2,1H3/t16-,17+/m0/s1. The Bertz CT molecular complexity index is 1100. The third-order valence-electron chi connectivity index (χ3n) is 6.01. The van der Waals surface area contributed by atoms with E-state index in [1.165, 1.54) is 0 Å². The fourth-order valence-electron chi connectivity index (χ4n) is 4.68. The minimum atomic E-state index is 0.0288. The van der Waals surface area contributed by atoms with Crippen LogP contribution >= 0.6 is 0 Å². The van der Waals surface area contributed by atoms with E-state index >= 15 is 0 Å². The van der Waals surface area contributed by atoms with E-state index in [1.807, 2.05) is 63.5 Å². The van der Waals surface area contributed by atoms with Gasteiger partial charge in [0.2, 0.25) is 0 Å². The van der Waals surface area contributed by atoms with Crippen LogP contribution in [-0.2, 0) is 6.54 Å². The fourth-order valence-corrected chi connectivity index (χ4v) is 4.68. The molecule has 6 heteroatoms. The van der Waals surface area contributed by atoms with Crippen molar-refractivity contribution in [2.75, 3.05) is 13.1 Å². The van der Waals surface area contributed by atoms with Crippen molar-refractivity contribution < 1.29 is 4.79 Å². The highest BCUT2D eigenvalue weighted by atomic mass is 16.2. The molecular formula is C22H22N4O2. The second-order valence-electron chi connectivity index (χ2n) is 7.80. The average Bonchev–Trinajstić information content (AvgIpc) is 3.10. The third-order valence-corrected chi connectivity index (χ3v) is 6.01. The van der Waals surface area contributed by atoms with Crippen LogP contribution in [0.3, 0.4) is 0 Å². The first-order chi connectivity index (χ1) is 13.6. The predicted octanol–water partition coefficient (Wildman–Crippen LogP) is 2.60. The highest BCUT2D eigenvalue weighted by Gasteiger charge is 2.37. The number of piperidine rings is 1. The van der Waals surface area contributed by atoms with E-state index in [1.54, 1.807) is 12.3 Å². The van der Waals surface area contributed by atoms with E-state index in [0.717, 1.165) is 23.5 Å². The average molecular weight is 374 g/mol. The second-order valence-corrected chi connectivity index (χ2v) is 7.80. The molecule has 2 aliphatic rings. The molecule has 28 heavy (non-hydrogen) atoms. The van der Waals surface area contributed by atoms with Crippen LogP contribution < -0.4 is 5.56 Å². The molecule has 2 atom stereocenters. The Balaban J connectivity index is 1.43. The number of fused-ring (bicyclic) bond motifs is 4. The van der Waals surface area contributed by atoms with E-state index < -0.39 is 0 Å². The molecule has 2 aliphatic heterocycles. The molecule has 0 unspecified atom stereocenters. The Hall–Kier alpha value is -3.15. The summed E-state index contributed by atoms with van der Waals surface area (Å²) in [6, 6.07) is 15.3. The molecule has 3 aromatic rings. The lowest BCUT2D eigenvalue weighted by molar-refractivity contribution is 0.0594. The summed E-state index contributed by atoms with van der Waals surface area (Å²) >= 11 is 0. The molecule has 0 N–H and O–H groups in total. The summed E-state index contributed by atoms with van der Waals surface area (Å²) in [5.41, 5.74) is 3.56. The van der Waals surface area contributed by atoms with Gasteiger partial charge in [-0.25, -0.2) is 4.68 Å². The van der Waals surface area contributed by atoms with Crippen molar-refractivity contribution in [3.8, 4) is 5.69 Å². The van der Waals surface area contributed by atoms with E-state index in [-0.39, 0.29) is 17.4 Å². The molecule has 2 bridgehead atoms. The maximum atomic E-state index is 13.3. The molecule has 1 saturated heterocycles. The van der Waals surface area contributed by atoms with Crippen molar-refractivity contribution >= 4 is 5.91 Å². The first-order valence-corrected chi connectivity index (χ1v) is 9.71. The zero-order valence-corrected chi connectivity index (χ0v) is 15.8. The number of benzene rings is 1. The van der Waals surface area contributed by atoms with Crippen molar-refractivity contribution in [3.05, 3.63) is 82.0 Å². The third kappa shape index (κ3) is 2.68. The molecule has 1 amide bonds. The Morgan fingerprint density at radius 3 is 2.68 bits per heavy atom. The van der Waals surface area contributed by atoms with E-state index in [9.17, 15) is 9.59 Å². The number of nitrogens with zero attached hydrogens (tertiary/aromatic N) is 4. The number of rotatable bonds is 2. The largest absolute Gasteiger partial charge is 0.338 e. The molecule has 0 saturated carbocycles. The van der Waals surface area contributed by atoms with Gasteiger partial charge in [-0.15, -0.1) is 0 Å². The monoisotopic (exact) mass is 374 g/mol. The highest BCUT2D eigenvalue weighted by Crippen LogP contribution is 2.35. The fraction of sp³-hybridized carbons (Fsp3) is 0.318. The van der Waals surface area contributed by atoms with Gasteiger partial charge in [0.15, 0.2) is 0 Å². The highest BCUT2D eigenvalue weighted by molar-refractivity contribution is 5.95. The lowest BCUT2D eigenvalue weighted by Gasteiger charge is -2.42. The van der Waals surface area contributed by atoms with Gasteiger partial charge in [-0.05, 0) is 37.5 Å². The summed E-state index contributed by atoms with van der Waals surface area (Å²) < 4.78 is 3.70. The summed E-state index contributed by atoms with van der Waals surface area (Å²) in [5.74, 6) is 0.565. The maximum absolute atomic E-state index is 13.3. The van der Waals surface area contributed by atoms with Crippen molar-refractivity contribution in [1.29, 1.82) is 0 Å². The van der Waals surface area contributed by atoms with E-state index in [0.29, 0.717) is 31.1 Å². The Morgan fingerprint density at radius 1 is 1.04 bits per heavy atom. The number of hydrogen-bond donors (Lipinski definition) is 0. The normalized spacial score (nSPS) is 20.7. The summed E-state index contributed by atoms with van der Waals surface area (Å²) in [5, 5.41) is 4.45. The van der Waals surface area contributed by atoms with Gasteiger partial charge >= 0.3 is 0 Å². The summed E-state index contributed by atoms with van der Waals surface area (Å²) in [6.45, 7) is 3.96. The molecule has 6 nitrogen and oxygen atoms in total. The number of pyridine rings is 1. The number of amides is 1. The van der Waals surface area contributed by atoms with E-state index in [4.69, 9.17) is 0 Å². The van der Waals surface area contributed by atoms with Gasteiger partial charge in [0.1, 0.15) is 0 Å². The number of aromatic nitrogens is 3. The van der Waals surface area contributed by atoms with Gasteiger partial charge in [-0.1, -0.05) is 24.3 Å². The summed E-state index contributed by atoms with van der Waals surface area (Å²) in [4.78, 5) is 27.4. The Labute approximate surface area is 163 Å². The van der Waals surface area contributed by atoms with Crippen LogP contribution in [0.5, 0.6) is 0 Å². The maximum Gasteiger partial charge on any atom is 0.257 e. The first kappa shape index (κ1) is 17.0. The molecule has 0 aliphatic carbocycles. The van der Waals surface area contributed by atoms with Crippen LogP contribution in [0.2, 0.25) is 0 Å². The van der Waals surface area contributed by atoms with Crippen molar-refractivity contribution in [3.63, 3.8) is 0 Å². The van der Waals surface area contributed by atoms with Crippen LogP contribution in [0.1, 0.15) is 34.1 Å². The van der Waals surface area contributed by atoms with Gasteiger partial charge in [0.05, 0.1) is 23.1 Å². The van der Waals surface area contributed by atoms with Gasteiger partial charge in [0.25, 0.3) is 11.5 Å². The van der Waals surface area contributed by atoms with Gasteiger partial charge in [-0.2, -0.15) is 5.10 Å².